The van der Waals surface area contributed by atoms with Gasteiger partial charge in [0.2, 0.25) is 0 Å². The van der Waals surface area contributed by atoms with Gasteiger partial charge in [0.15, 0.2) is 5.82 Å². The quantitative estimate of drug-likeness (QED) is 0.856. The number of anilines is 2. The zero-order valence-corrected chi connectivity index (χ0v) is 13.1. The van der Waals surface area contributed by atoms with E-state index in [1.165, 1.54) is 11.3 Å². The summed E-state index contributed by atoms with van der Waals surface area (Å²) in [7, 11) is 0. The fraction of sp³-hybridized carbons (Fsp3) is 0.389. The molecule has 0 atom stereocenters. The summed E-state index contributed by atoms with van der Waals surface area (Å²) in [6.07, 6.45) is 7.72. The number of likely N-dealkylation sites (tertiary alicyclic amines) is 1. The molecule has 2 aliphatic heterocycles. The van der Waals surface area contributed by atoms with Crippen molar-refractivity contribution >= 4 is 17.4 Å². The molecule has 1 fully saturated rings. The number of aryl methyl sites for hydroxylation is 1. The third-order valence-corrected chi connectivity index (χ3v) is 4.64. The number of fused-ring (bicyclic) bond motifs is 1. The first kappa shape index (κ1) is 14.2. The van der Waals surface area contributed by atoms with Gasteiger partial charge in [0.25, 0.3) is 5.91 Å². The van der Waals surface area contributed by atoms with Gasteiger partial charge in [0, 0.05) is 25.3 Å². The van der Waals surface area contributed by atoms with Crippen molar-refractivity contribution in [2.75, 3.05) is 24.5 Å². The number of aromatic nitrogens is 2. The molecular formula is C18H20N4O. The average Bonchev–Trinajstić information content (AvgIpc) is 3.15. The molecule has 118 valence electrons. The minimum Gasteiger partial charge on any atom is -0.337 e. The Labute approximate surface area is 136 Å². The predicted octanol–water partition coefficient (Wildman–Crippen LogP) is 2.80. The number of nitrogens with zero attached hydrogens (tertiary/aromatic N) is 4. The van der Waals surface area contributed by atoms with E-state index in [9.17, 15) is 4.79 Å². The van der Waals surface area contributed by atoms with Gasteiger partial charge in [0.1, 0.15) is 5.69 Å². The summed E-state index contributed by atoms with van der Waals surface area (Å²) in [4.78, 5) is 25.3. The lowest BCUT2D eigenvalue weighted by Gasteiger charge is -2.30. The van der Waals surface area contributed by atoms with Crippen molar-refractivity contribution in [1.82, 2.24) is 14.9 Å². The standard InChI is InChI=1S/C18H20N4O/c23-18(21-9-3-4-10-21)15-12-20-17(13-19-15)22-11-5-7-14-6-1-2-8-16(14)22/h1-2,6,8,12-13H,3-5,7,9-11H2. The second kappa shape index (κ2) is 5.99. The van der Waals surface area contributed by atoms with E-state index in [-0.39, 0.29) is 5.91 Å². The minimum absolute atomic E-state index is 0.000550. The van der Waals surface area contributed by atoms with Crippen LogP contribution in [0.15, 0.2) is 36.7 Å². The second-order valence-corrected chi connectivity index (χ2v) is 6.14. The van der Waals surface area contributed by atoms with E-state index in [0.717, 1.165) is 51.1 Å². The Hall–Kier alpha value is -2.43. The maximum Gasteiger partial charge on any atom is 0.274 e. The molecule has 2 aromatic rings. The van der Waals surface area contributed by atoms with Crippen LogP contribution in [0.3, 0.4) is 0 Å². The molecule has 0 saturated carbocycles. The molecule has 5 heteroatoms. The lowest BCUT2D eigenvalue weighted by atomic mass is 10.0. The molecule has 1 aromatic heterocycles. The van der Waals surface area contributed by atoms with Crippen molar-refractivity contribution in [3.8, 4) is 0 Å². The number of hydrogen-bond donors (Lipinski definition) is 0. The molecule has 0 radical (unpaired) electrons. The van der Waals surface area contributed by atoms with Crippen LogP contribution in [-0.4, -0.2) is 40.4 Å². The van der Waals surface area contributed by atoms with Gasteiger partial charge >= 0.3 is 0 Å². The maximum atomic E-state index is 12.3. The van der Waals surface area contributed by atoms with Crippen LogP contribution in [0.25, 0.3) is 0 Å². The fourth-order valence-electron chi connectivity index (χ4n) is 3.42. The van der Waals surface area contributed by atoms with Gasteiger partial charge in [-0.3, -0.25) is 4.79 Å². The summed E-state index contributed by atoms with van der Waals surface area (Å²) in [5.74, 6) is 0.815. The van der Waals surface area contributed by atoms with Crippen LogP contribution >= 0.6 is 0 Å². The number of para-hydroxylation sites is 1. The molecule has 1 amide bonds. The van der Waals surface area contributed by atoms with Gasteiger partial charge in [-0.1, -0.05) is 18.2 Å². The molecule has 0 N–H and O–H groups in total. The Morgan fingerprint density at radius 1 is 0.957 bits per heavy atom. The van der Waals surface area contributed by atoms with Crippen LogP contribution < -0.4 is 4.90 Å². The number of rotatable bonds is 2. The van der Waals surface area contributed by atoms with E-state index in [2.05, 4.69) is 39.1 Å². The predicted molar refractivity (Wildman–Crippen MR) is 88.9 cm³/mol. The van der Waals surface area contributed by atoms with E-state index in [1.54, 1.807) is 12.4 Å². The molecule has 3 heterocycles. The first-order chi connectivity index (χ1) is 11.3. The van der Waals surface area contributed by atoms with Crippen molar-refractivity contribution in [2.24, 2.45) is 0 Å². The van der Waals surface area contributed by atoms with Gasteiger partial charge in [-0.15, -0.1) is 0 Å². The van der Waals surface area contributed by atoms with E-state index < -0.39 is 0 Å². The van der Waals surface area contributed by atoms with Gasteiger partial charge in [-0.05, 0) is 37.3 Å². The average molecular weight is 308 g/mol. The Morgan fingerprint density at radius 2 is 1.78 bits per heavy atom. The highest BCUT2D eigenvalue weighted by Gasteiger charge is 2.22. The fourth-order valence-corrected chi connectivity index (χ4v) is 3.42. The molecule has 0 spiro atoms. The Morgan fingerprint density at radius 3 is 2.57 bits per heavy atom. The molecule has 1 aromatic carbocycles. The van der Waals surface area contributed by atoms with Gasteiger partial charge < -0.3 is 9.80 Å². The van der Waals surface area contributed by atoms with Gasteiger partial charge in [-0.25, -0.2) is 9.97 Å². The molecule has 23 heavy (non-hydrogen) atoms. The zero-order chi connectivity index (χ0) is 15.6. The van der Waals surface area contributed by atoms with Crippen LogP contribution in [0.5, 0.6) is 0 Å². The number of carbonyl (C=O) groups excluding carboxylic acids is 1. The summed E-state index contributed by atoms with van der Waals surface area (Å²) >= 11 is 0. The van der Waals surface area contributed by atoms with E-state index in [0.29, 0.717) is 5.69 Å². The molecule has 1 saturated heterocycles. The zero-order valence-electron chi connectivity index (χ0n) is 13.1. The van der Waals surface area contributed by atoms with Crippen molar-refractivity contribution in [2.45, 2.75) is 25.7 Å². The molecular weight excluding hydrogens is 288 g/mol. The van der Waals surface area contributed by atoms with E-state index in [4.69, 9.17) is 0 Å². The van der Waals surface area contributed by atoms with Crippen molar-refractivity contribution < 1.29 is 4.79 Å². The number of carbonyl (C=O) groups is 1. The second-order valence-electron chi connectivity index (χ2n) is 6.14. The summed E-state index contributed by atoms with van der Waals surface area (Å²) in [5.41, 5.74) is 2.99. The highest BCUT2D eigenvalue weighted by Crippen LogP contribution is 2.31. The summed E-state index contributed by atoms with van der Waals surface area (Å²) < 4.78 is 0. The van der Waals surface area contributed by atoms with Gasteiger partial charge in [-0.2, -0.15) is 0 Å². The van der Waals surface area contributed by atoms with E-state index >= 15 is 0 Å². The number of amides is 1. The number of hydrogen-bond acceptors (Lipinski definition) is 4. The molecule has 4 rings (SSSR count). The van der Waals surface area contributed by atoms with Crippen LogP contribution in [0.1, 0.15) is 35.3 Å². The van der Waals surface area contributed by atoms with Crippen molar-refractivity contribution in [1.29, 1.82) is 0 Å². The summed E-state index contributed by atoms with van der Waals surface area (Å²) in [6, 6.07) is 8.42. The topological polar surface area (TPSA) is 49.3 Å². The SMILES string of the molecule is O=C(c1cnc(N2CCCc3ccccc32)cn1)N1CCCC1. The Balaban J connectivity index is 1.58. The van der Waals surface area contributed by atoms with Crippen LogP contribution in [-0.2, 0) is 6.42 Å². The third-order valence-electron chi connectivity index (χ3n) is 4.64. The molecule has 0 unspecified atom stereocenters. The molecule has 0 bridgehead atoms. The summed E-state index contributed by atoms with van der Waals surface area (Å²) in [5, 5.41) is 0. The lowest BCUT2D eigenvalue weighted by molar-refractivity contribution is 0.0786. The largest absolute Gasteiger partial charge is 0.337 e. The first-order valence-corrected chi connectivity index (χ1v) is 8.30. The first-order valence-electron chi connectivity index (χ1n) is 8.30. The molecule has 0 aliphatic carbocycles. The molecule has 2 aliphatic rings. The minimum atomic E-state index is 0.000550. The Kier molecular flexibility index (Phi) is 3.69. The van der Waals surface area contributed by atoms with Crippen molar-refractivity contribution in [3.63, 3.8) is 0 Å². The van der Waals surface area contributed by atoms with Crippen molar-refractivity contribution in [3.05, 3.63) is 47.9 Å². The maximum absolute atomic E-state index is 12.3. The highest BCUT2D eigenvalue weighted by atomic mass is 16.2. The third kappa shape index (κ3) is 2.67. The van der Waals surface area contributed by atoms with Crippen LogP contribution in [0, 0.1) is 0 Å². The van der Waals surface area contributed by atoms with E-state index in [1.807, 2.05) is 4.90 Å². The monoisotopic (exact) mass is 308 g/mol. The molecule has 5 nitrogen and oxygen atoms in total. The normalized spacial score (nSPS) is 17.2. The van der Waals surface area contributed by atoms with Gasteiger partial charge in [0.05, 0.1) is 12.4 Å². The number of benzene rings is 1. The smallest absolute Gasteiger partial charge is 0.274 e. The highest BCUT2D eigenvalue weighted by molar-refractivity contribution is 5.92. The summed E-state index contributed by atoms with van der Waals surface area (Å²) in [6.45, 7) is 2.61. The Bertz CT molecular complexity index is 707. The van der Waals surface area contributed by atoms with Crippen LogP contribution in [0.4, 0.5) is 11.5 Å². The lowest BCUT2D eigenvalue weighted by Crippen LogP contribution is -2.29. The van der Waals surface area contributed by atoms with Crippen LogP contribution in [0.2, 0.25) is 0 Å².